The summed E-state index contributed by atoms with van der Waals surface area (Å²) in [7, 11) is 0. The molecule has 4 nitrogen and oxygen atoms in total. The zero-order valence-corrected chi connectivity index (χ0v) is 11.7. The standard InChI is InChI=1S/C14H28N2O2/c1-2-7-16-8-3-13(4-9-16)15-12-14(17)5-10-18-11-6-14/h13,15,17H,2-12H2,1H3. The third kappa shape index (κ3) is 4.19. The normalized spacial score (nSPS) is 26.3. The minimum atomic E-state index is -0.529. The van der Waals surface area contributed by atoms with Crippen molar-refractivity contribution in [3.05, 3.63) is 0 Å². The van der Waals surface area contributed by atoms with Crippen LogP contribution >= 0.6 is 0 Å². The van der Waals surface area contributed by atoms with E-state index in [1.54, 1.807) is 0 Å². The Morgan fingerprint density at radius 3 is 2.56 bits per heavy atom. The van der Waals surface area contributed by atoms with Crippen LogP contribution < -0.4 is 5.32 Å². The molecule has 0 aromatic heterocycles. The van der Waals surface area contributed by atoms with E-state index >= 15 is 0 Å². The summed E-state index contributed by atoms with van der Waals surface area (Å²) in [5.74, 6) is 0. The number of hydrogen-bond donors (Lipinski definition) is 2. The van der Waals surface area contributed by atoms with Crippen LogP contribution in [-0.4, -0.2) is 61.0 Å². The summed E-state index contributed by atoms with van der Waals surface area (Å²) in [4.78, 5) is 2.54. The molecule has 0 saturated carbocycles. The van der Waals surface area contributed by atoms with Crippen LogP contribution in [0.5, 0.6) is 0 Å². The molecule has 2 aliphatic rings. The van der Waals surface area contributed by atoms with Crippen molar-refractivity contribution in [1.82, 2.24) is 10.2 Å². The van der Waals surface area contributed by atoms with Crippen molar-refractivity contribution in [2.45, 2.75) is 50.7 Å². The van der Waals surface area contributed by atoms with Gasteiger partial charge in [0.15, 0.2) is 0 Å². The highest BCUT2D eigenvalue weighted by Crippen LogP contribution is 2.20. The Balaban J connectivity index is 1.65. The largest absolute Gasteiger partial charge is 0.388 e. The van der Waals surface area contributed by atoms with Gasteiger partial charge in [0.05, 0.1) is 5.60 Å². The Morgan fingerprint density at radius 1 is 1.28 bits per heavy atom. The van der Waals surface area contributed by atoms with E-state index in [9.17, 15) is 5.11 Å². The van der Waals surface area contributed by atoms with Crippen molar-refractivity contribution in [2.24, 2.45) is 0 Å². The summed E-state index contributed by atoms with van der Waals surface area (Å²) in [6, 6.07) is 0.588. The number of aliphatic hydroxyl groups is 1. The molecule has 0 amide bonds. The summed E-state index contributed by atoms with van der Waals surface area (Å²) in [5, 5.41) is 13.9. The summed E-state index contributed by atoms with van der Waals surface area (Å²) in [6.07, 6.45) is 5.22. The lowest BCUT2D eigenvalue weighted by Gasteiger charge is -2.36. The molecule has 0 bridgehead atoms. The van der Waals surface area contributed by atoms with Gasteiger partial charge < -0.3 is 20.1 Å². The smallest absolute Gasteiger partial charge is 0.0815 e. The molecule has 2 fully saturated rings. The number of likely N-dealkylation sites (tertiary alicyclic amines) is 1. The third-order valence-corrected chi connectivity index (χ3v) is 4.27. The van der Waals surface area contributed by atoms with E-state index in [4.69, 9.17) is 4.74 Å². The third-order valence-electron chi connectivity index (χ3n) is 4.27. The quantitative estimate of drug-likeness (QED) is 0.770. The minimum Gasteiger partial charge on any atom is -0.388 e. The van der Waals surface area contributed by atoms with Gasteiger partial charge in [-0.2, -0.15) is 0 Å². The molecule has 0 unspecified atom stereocenters. The molecule has 106 valence electrons. The van der Waals surface area contributed by atoms with Crippen molar-refractivity contribution in [3.8, 4) is 0 Å². The Hall–Kier alpha value is -0.160. The van der Waals surface area contributed by atoms with Gasteiger partial charge in [-0.1, -0.05) is 6.92 Å². The van der Waals surface area contributed by atoms with Gasteiger partial charge in [-0.15, -0.1) is 0 Å². The first kappa shape index (κ1) is 14.3. The average molecular weight is 256 g/mol. The average Bonchev–Trinajstić information content (AvgIpc) is 2.39. The minimum absolute atomic E-state index is 0.529. The molecule has 0 aromatic rings. The summed E-state index contributed by atoms with van der Waals surface area (Å²) < 4.78 is 5.30. The van der Waals surface area contributed by atoms with Crippen molar-refractivity contribution < 1.29 is 9.84 Å². The van der Waals surface area contributed by atoms with Crippen molar-refractivity contribution in [2.75, 3.05) is 39.4 Å². The predicted octanol–water partition coefficient (Wildman–Crippen LogP) is 0.992. The van der Waals surface area contributed by atoms with Crippen LogP contribution in [0.2, 0.25) is 0 Å². The molecule has 4 heteroatoms. The first-order valence-electron chi connectivity index (χ1n) is 7.48. The fourth-order valence-corrected chi connectivity index (χ4v) is 2.94. The Bertz CT molecular complexity index is 234. The molecule has 2 rings (SSSR count). The van der Waals surface area contributed by atoms with Crippen LogP contribution in [0, 0.1) is 0 Å². The predicted molar refractivity (Wildman–Crippen MR) is 72.8 cm³/mol. The van der Waals surface area contributed by atoms with Gasteiger partial charge in [0, 0.05) is 38.6 Å². The zero-order valence-electron chi connectivity index (χ0n) is 11.7. The van der Waals surface area contributed by atoms with Crippen molar-refractivity contribution in [3.63, 3.8) is 0 Å². The van der Waals surface area contributed by atoms with E-state index in [2.05, 4.69) is 17.1 Å². The Kier molecular flexibility index (Phi) is 5.42. The van der Waals surface area contributed by atoms with Crippen molar-refractivity contribution in [1.29, 1.82) is 0 Å². The second-order valence-electron chi connectivity index (χ2n) is 5.83. The molecule has 2 aliphatic heterocycles. The van der Waals surface area contributed by atoms with Gasteiger partial charge in [-0.05, 0) is 38.9 Å². The topological polar surface area (TPSA) is 44.7 Å². The maximum Gasteiger partial charge on any atom is 0.0815 e. The number of rotatable bonds is 5. The number of nitrogens with one attached hydrogen (secondary N) is 1. The van der Waals surface area contributed by atoms with Gasteiger partial charge in [-0.25, -0.2) is 0 Å². The van der Waals surface area contributed by atoms with Crippen LogP contribution in [0.4, 0.5) is 0 Å². The fraction of sp³-hybridized carbons (Fsp3) is 1.00. The molecule has 2 N–H and O–H groups in total. The van der Waals surface area contributed by atoms with E-state index in [1.807, 2.05) is 0 Å². The highest BCUT2D eigenvalue weighted by Gasteiger charge is 2.30. The van der Waals surface area contributed by atoms with Crippen LogP contribution in [0.3, 0.4) is 0 Å². The SMILES string of the molecule is CCCN1CCC(NCC2(O)CCOCC2)CC1. The van der Waals surface area contributed by atoms with Gasteiger partial charge >= 0.3 is 0 Å². The highest BCUT2D eigenvalue weighted by molar-refractivity contribution is 4.86. The molecule has 0 aromatic carbocycles. The lowest BCUT2D eigenvalue weighted by Crippen LogP contribution is -2.50. The lowest BCUT2D eigenvalue weighted by molar-refractivity contribution is -0.0634. The molecule has 0 aliphatic carbocycles. The van der Waals surface area contributed by atoms with Crippen LogP contribution in [0.25, 0.3) is 0 Å². The summed E-state index contributed by atoms with van der Waals surface area (Å²) >= 11 is 0. The maximum atomic E-state index is 10.4. The number of nitrogens with zero attached hydrogens (tertiary/aromatic N) is 1. The zero-order chi connectivity index (χ0) is 12.8. The van der Waals surface area contributed by atoms with E-state index in [1.165, 1.54) is 38.9 Å². The monoisotopic (exact) mass is 256 g/mol. The molecule has 2 saturated heterocycles. The van der Waals surface area contributed by atoms with Crippen LogP contribution in [-0.2, 0) is 4.74 Å². The van der Waals surface area contributed by atoms with Gasteiger partial charge in [0.1, 0.15) is 0 Å². The van der Waals surface area contributed by atoms with Gasteiger partial charge in [-0.3, -0.25) is 0 Å². The second kappa shape index (κ2) is 6.85. The molecule has 18 heavy (non-hydrogen) atoms. The van der Waals surface area contributed by atoms with Crippen LogP contribution in [0.15, 0.2) is 0 Å². The molecule has 2 heterocycles. The molecule has 0 atom stereocenters. The molecule has 0 radical (unpaired) electrons. The summed E-state index contributed by atoms with van der Waals surface area (Å²) in [6.45, 7) is 8.01. The summed E-state index contributed by atoms with van der Waals surface area (Å²) in [5.41, 5.74) is -0.529. The lowest BCUT2D eigenvalue weighted by atomic mass is 9.93. The number of ether oxygens (including phenoxy) is 1. The Labute approximate surface area is 111 Å². The number of hydrogen-bond acceptors (Lipinski definition) is 4. The van der Waals surface area contributed by atoms with Gasteiger partial charge in [0.25, 0.3) is 0 Å². The van der Waals surface area contributed by atoms with Crippen molar-refractivity contribution >= 4 is 0 Å². The van der Waals surface area contributed by atoms with Gasteiger partial charge in [0.2, 0.25) is 0 Å². The maximum absolute atomic E-state index is 10.4. The molecule has 0 spiro atoms. The van der Waals surface area contributed by atoms with E-state index < -0.39 is 5.60 Å². The first-order chi connectivity index (χ1) is 8.72. The fourth-order valence-electron chi connectivity index (χ4n) is 2.94. The van der Waals surface area contributed by atoms with E-state index in [-0.39, 0.29) is 0 Å². The Morgan fingerprint density at radius 2 is 1.94 bits per heavy atom. The number of piperidine rings is 1. The molecular weight excluding hydrogens is 228 g/mol. The first-order valence-corrected chi connectivity index (χ1v) is 7.48. The van der Waals surface area contributed by atoms with E-state index in [0.717, 1.165) is 19.4 Å². The second-order valence-corrected chi connectivity index (χ2v) is 5.83. The van der Waals surface area contributed by atoms with E-state index in [0.29, 0.717) is 19.3 Å². The highest BCUT2D eigenvalue weighted by atomic mass is 16.5. The van der Waals surface area contributed by atoms with Crippen LogP contribution in [0.1, 0.15) is 39.0 Å². The molecular formula is C14H28N2O2.